The summed E-state index contributed by atoms with van der Waals surface area (Å²) in [6, 6.07) is 19.7. The number of hydrazine groups is 2. The second-order valence-corrected chi connectivity index (χ2v) is 9.68. The van der Waals surface area contributed by atoms with E-state index in [1.54, 1.807) is 11.2 Å². The van der Waals surface area contributed by atoms with Gasteiger partial charge in [0.05, 0.1) is 23.7 Å². The van der Waals surface area contributed by atoms with Crippen molar-refractivity contribution in [3.63, 3.8) is 0 Å². The van der Waals surface area contributed by atoms with Crippen LogP contribution in [-0.4, -0.2) is 30.2 Å². The van der Waals surface area contributed by atoms with Crippen molar-refractivity contribution in [3.05, 3.63) is 118 Å². The molecule has 1 atom stereocenters. The molecule has 192 valence electrons. The number of halogens is 1. The lowest BCUT2D eigenvalue weighted by molar-refractivity contribution is 0.356. The molecule has 0 amide bonds. The maximum Gasteiger partial charge on any atom is 0.265 e. The van der Waals surface area contributed by atoms with E-state index in [9.17, 15) is 0 Å². The fraction of sp³-hybridized carbons (Fsp3) is 0.143. The molecule has 0 aromatic heterocycles. The van der Waals surface area contributed by atoms with Gasteiger partial charge in [-0.3, -0.25) is 0 Å². The van der Waals surface area contributed by atoms with Crippen molar-refractivity contribution in [2.24, 2.45) is 21.6 Å². The molecule has 0 saturated heterocycles. The fourth-order valence-electron chi connectivity index (χ4n) is 5.17. The van der Waals surface area contributed by atoms with Crippen LogP contribution in [0, 0.1) is 0 Å². The van der Waals surface area contributed by atoms with E-state index in [4.69, 9.17) is 32.8 Å². The molecule has 0 bridgehead atoms. The van der Waals surface area contributed by atoms with E-state index in [-0.39, 0.29) is 0 Å². The van der Waals surface area contributed by atoms with E-state index in [2.05, 4.69) is 34.9 Å². The number of rotatable bonds is 6. The van der Waals surface area contributed by atoms with Crippen molar-refractivity contribution >= 4 is 29.0 Å². The van der Waals surface area contributed by atoms with Crippen LogP contribution in [0.2, 0.25) is 5.02 Å². The number of nitrogens with one attached hydrogen (secondary N) is 2. The second-order valence-electron chi connectivity index (χ2n) is 9.25. The zero-order valence-corrected chi connectivity index (χ0v) is 21.5. The van der Waals surface area contributed by atoms with Crippen LogP contribution in [-0.2, 0) is 12.0 Å². The normalized spacial score (nSPS) is 17.2. The summed E-state index contributed by atoms with van der Waals surface area (Å²) in [4.78, 5) is 6.68. The molecule has 3 aromatic carbocycles. The van der Waals surface area contributed by atoms with Gasteiger partial charge in [-0.25, -0.2) is 15.5 Å². The lowest BCUT2D eigenvalue weighted by atomic mass is 9.78. The summed E-state index contributed by atoms with van der Waals surface area (Å²) < 4.78 is 5.75. The van der Waals surface area contributed by atoms with Crippen molar-refractivity contribution in [2.45, 2.75) is 12.0 Å². The van der Waals surface area contributed by atoms with Crippen molar-refractivity contribution in [1.29, 1.82) is 0 Å². The van der Waals surface area contributed by atoms with Gasteiger partial charge in [-0.05, 0) is 59.3 Å². The minimum atomic E-state index is -1.12. The highest BCUT2D eigenvalue weighted by Crippen LogP contribution is 2.41. The van der Waals surface area contributed by atoms with E-state index in [1.807, 2.05) is 60.5 Å². The highest BCUT2D eigenvalue weighted by molar-refractivity contribution is 6.32. The third-order valence-electron chi connectivity index (χ3n) is 7.14. The topological polar surface area (TPSA) is 117 Å². The van der Waals surface area contributed by atoms with E-state index in [0.29, 0.717) is 23.3 Å². The first-order valence-electron chi connectivity index (χ1n) is 12.1. The van der Waals surface area contributed by atoms with Gasteiger partial charge in [0.1, 0.15) is 11.3 Å². The van der Waals surface area contributed by atoms with Crippen molar-refractivity contribution in [3.8, 4) is 5.75 Å². The smallest absolute Gasteiger partial charge is 0.265 e. The van der Waals surface area contributed by atoms with Crippen LogP contribution in [0.4, 0.5) is 5.69 Å². The van der Waals surface area contributed by atoms with Crippen LogP contribution in [0.15, 0.2) is 95.4 Å². The lowest BCUT2D eigenvalue weighted by Gasteiger charge is -2.38. The van der Waals surface area contributed by atoms with Crippen LogP contribution in [0.3, 0.4) is 0 Å². The number of hydrogen-bond acceptors (Lipinski definition) is 9. The second kappa shape index (κ2) is 9.21. The lowest BCUT2D eigenvalue weighted by Crippen LogP contribution is -2.46. The quantitative estimate of drug-likeness (QED) is 0.389. The monoisotopic (exact) mass is 526 g/mol. The first kappa shape index (κ1) is 24.1. The molecule has 9 nitrogen and oxygen atoms in total. The van der Waals surface area contributed by atoms with Gasteiger partial charge in [0, 0.05) is 35.8 Å². The van der Waals surface area contributed by atoms with Gasteiger partial charge in [0.15, 0.2) is 0 Å². The predicted octanol–water partition coefficient (Wildman–Crippen LogP) is 3.30. The molecule has 38 heavy (non-hydrogen) atoms. The molecule has 3 aliphatic heterocycles. The zero-order valence-electron chi connectivity index (χ0n) is 20.8. The number of aliphatic imine (C=N–C) groups is 1. The van der Waals surface area contributed by atoms with Crippen LogP contribution < -0.4 is 32.3 Å². The van der Waals surface area contributed by atoms with Crippen molar-refractivity contribution in [1.82, 2.24) is 16.0 Å². The molecular formula is C28H27ClN8O. The van der Waals surface area contributed by atoms with Crippen molar-refractivity contribution < 1.29 is 4.74 Å². The maximum atomic E-state index is 7.41. The Morgan fingerprint density at radius 3 is 2.79 bits per heavy atom. The number of hydrogen-bond donors (Lipinski definition) is 4. The van der Waals surface area contributed by atoms with Crippen LogP contribution in [0.1, 0.15) is 27.8 Å². The van der Waals surface area contributed by atoms with Crippen LogP contribution in [0.25, 0.3) is 0 Å². The number of anilines is 1. The Hall–Kier alpha value is -4.31. The van der Waals surface area contributed by atoms with Gasteiger partial charge < -0.3 is 21.1 Å². The molecule has 0 aliphatic carbocycles. The molecule has 1 unspecified atom stereocenters. The fourth-order valence-corrected chi connectivity index (χ4v) is 5.36. The third-order valence-corrected chi connectivity index (χ3v) is 7.37. The Bertz CT molecular complexity index is 1550. The van der Waals surface area contributed by atoms with E-state index in [0.717, 1.165) is 51.4 Å². The predicted molar refractivity (Wildman–Crippen MR) is 151 cm³/mol. The molecule has 0 spiro atoms. The van der Waals surface area contributed by atoms with Gasteiger partial charge in [0.2, 0.25) is 0 Å². The molecule has 3 aromatic rings. The Morgan fingerprint density at radius 2 is 2.00 bits per heavy atom. The number of hydrazone groups is 1. The van der Waals surface area contributed by atoms with E-state index in [1.165, 1.54) is 6.20 Å². The Kier molecular flexibility index (Phi) is 5.83. The summed E-state index contributed by atoms with van der Waals surface area (Å²) >= 11 is 6.36. The molecule has 6 rings (SSSR count). The first-order chi connectivity index (χ1) is 18.4. The van der Waals surface area contributed by atoms with Gasteiger partial charge in [-0.1, -0.05) is 42.4 Å². The van der Waals surface area contributed by atoms with E-state index >= 15 is 0 Å². The Morgan fingerprint density at radius 1 is 1.18 bits per heavy atom. The summed E-state index contributed by atoms with van der Waals surface area (Å²) in [5.74, 6) is 1.37. The molecule has 3 heterocycles. The average molecular weight is 527 g/mol. The number of fused-ring (bicyclic) bond motifs is 4. The Balaban J connectivity index is 1.58. The minimum absolute atomic E-state index is 0.492. The maximum absolute atomic E-state index is 7.41. The minimum Gasteiger partial charge on any atom is -0.493 e. The summed E-state index contributed by atoms with van der Waals surface area (Å²) in [6.07, 6.45) is 4.05. The number of likely N-dealkylation sites (N-methyl/N-ethyl adjacent to an activating group) is 1. The third kappa shape index (κ3) is 3.71. The summed E-state index contributed by atoms with van der Waals surface area (Å²) in [5.41, 5.74) is 25.1. The molecule has 0 fully saturated rings. The van der Waals surface area contributed by atoms with Gasteiger partial charge in [-0.15, -0.1) is 10.6 Å². The number of nitrogens with zero attached hydrogens (tertiary/aromatic N) is 4. The molecule has 0 radical (unpaired) electrons. The summed E-state index contributed by atoms with van der Waals surface area (Å²) in [7, 11) is 1.88. The highest BCUT2D eigenvalue weighted by Gasteiger charge is 2.39. The SMILES string of the molecule is C=CN(C)/C(=C\N)C(N)(c1ccc2c(c1)CCO2)c1ccc2c(c1)C(c1cccc(Cl)c1)=NC1=NNNN12. The van der Waals surface area contributed by atoms with Gasteiger partial charge in [-0.2, -0.15) is 0 Å². The average Bonchev–Trinajstić information content (AvgIpc) is 3.61. The molecule has 3 aliphatic rings. The molecule has 0 saturated carbocycles. The number of ether oxygens (including phenoxy) is 1. The largest absolute Gasteiger partial charge is 0.493 e. The van der Waals surface area contributed by atoms with Gasteiger partial charge in [0.25, 0.3) is 5.96 Å². The molecule has 6 N–H and O–H groups in total. The van der Waals surface area contributed by atoms with Gasteiger partial charge >= 0.3 is 0 Å². The van der Waals surface area contributed by atoms with Crippen LogP contribution >= 0.6 is 11.6 Å². The molecule has 10 heteroatoms. The number of benzene rings is 3. The zero-order chi connectivity index (χ0) is 26.4. The van der Waals surface area contributed by atoms with E-state index < -0.39 is 5.54 Å². The highest BCUT2D eigenvalue weighted by atomic mass is 35.5. The summed E-state index contributed by atoms with van der Waals surface area (Å²) in [6.45, 7) is 4.60. The summed E-state index contributed by atoms with van der Waals surface area (Å²) in [5, 5.41) is 6.66. The standard InChI is InChI=1S/C28H27ClN8O/c1-3-36(2)25(16-30)28(31,19-8-10-24-17(13-19)11-12-38-24)20-7-9-23-22(15-20)26(18-5-4-6-21(29)14-18)32-27-33-34-35-37(23)27/h3-10,13-16,34-35H,1,11-12,30-31H2,2H3/b25-16-. The first-order valence-corrected chi connectivity index (χ1v) is 12.5. The van der Waals surface area contributed by atoms with Crippen molar-refractivity contribution in [2.75, 3.05) is 18.7 Å². The Labute approximate surface area is 225 Å². The number of guanidine groups is 1. The number of nitrogens with two attached hydrogens (primary N) is 2. The molecular weight excluding hydrogens is 500 g/mol. The van der Waals surface area contributed by atoms with Crippen LogP contribution in [0.5, 0.6) is 5.75 Å².